The first kappa shape index (κ1) is 11.6. The molecule has 1 saturated carbocycles. The lowest BCUT2D eigenvalue weighted by molar-refractivity contribution is 0.461. The van der Waals surface area contributed by atoms with Gasteiger partial charge < -0.3 is 5.32 Å². The van der Waals surface area contributed by atoms with Crippen molar-refractivity contribution in [2.75, 3.05) is 0 Å². The largest absolute Gasteiger partial charge is 0.309 e. The third-order valence-electron chi connectivity index (χ3n) is 3.04. The molecule has 1 N–H and O–H groups in total. The fourth-order valence-corrected chi connectivity index (χ4v) is 3.58. The van der Waals surface area contributed by atoms with Gasteiger partial charge in [-0.3, -0.25) is 0 Å². The fraction of sp³-hybridized carbons (Fsp3) is 0.667. The van der Waals surface area contributed by atoms with E-state index in [9.17, 15) is 0 Å². The second-order valence-electron chi connectivity index (χ2n) is 4.30. The number of rotatable bonds is 3. The van der Waals surface area contributed by atoms with Gasteiger partial charge in [0.25, 0.3) is 0 Å². The van der Waals surface area contributed by atoms with Crippen LogP contribution in [0.4, 0.5) is 0 Å². The zero-order chi connectivity index (χ0) is 10.5. The average Bonchev–Trinajstić information content (AvgIpc) is 2.52. The summed E-state index contributed by atoms with van der Waals surface area (Å²) >= 11 is 5.33. The van der Waals surface area contributed by atoms with Gasteiger partial charge in [-0.05, 0) is 34.8 Å². The topological polar surface area (TPSA) is 12.0 Å². The van der Waals surface area contributed by atoms with Gasteiger partial charge in [0.1, 0.15) is 0 Å². The Balaban J connectivity index is 1.76. The van der Waals surface area contributed by atoms with E-state index in [2.05, 4.69) is 32.7 Å². The van der Waals surface area contributed by atoms with Crippen LogP contribution < -0.4 is 5.32 Å². The summed E-state index contributed by atoms with van der Waals surface area (Å²) in [6.45, 7) is 1.04. The van der Waals surface area contributed by atoms with Crippen LogP contribution in [0.25, 0.3) is 0 Å². The molecule has 1 aromatic heterocycles. The van der Waals surface area contributed by atoms with Crippen LogP contribution in [-0.2, 0) is 6.54 Å². The lowest BCUT2D eigenvalue weighted by Gasteiger charge is -2.15. The maximum atomic E-state index is 3.68. The van der Waals surface area contributed by atoms with Crippen LogP contribution in [0, 0.1) is 0 Å². The van der Waals surface area contributed by atoms with Crippen molar-refractivity contribution in [3.05, 3.63) is 20.8 Å². The summed E-state index contributed by atoms with van der Waals surface area (Å²) in [6.07, 6.45) is 8.42. The average molecular weight is 288 g/mol. The molecule has 0 bridgehead atoms. The van der Waals surface area contributed by atoms with Crippen molar-refractivity contribution in [2.24, 2.45) is 0 Å². The minimum absolute atomic E-state index is 0.758. The van der Waals surface area contributed by atoms with E-state index in [-0.39, 0.29) is 0 Å². The van der Waals surface area contributed by atoms with E-state index in [1.165, 1.54) is 47.9 Å². The summed E-state index contributed by atoms with van der Waals surface area (Å²) in [5.41, 5.74) is 0. The lowest BCUT2D eigenvalue weighted by Crippen LogP contribution is -2.27. The molecule has 0 aliphatic heterocycles. The molecule has 84 valence electrons. The molecule has 1 fully saturated rings. The van der Waals surface area contributed by atoms with Gasteiger partial charge in [-0.2, -0.15) is 0 Å². The second kappa shape index (κ2) is 6.02. The summed E-state index contributed by atoms with van der Waals surface area (Å²) in [4.78, 5) is 1.44. The predicted molar refractivity (Wildman–Crippen MR) is 70.3 cm³/mol. The summed E-state index contributed by atoms with van der Waals surface area (Å²) in [6, 6.07) is 2.97. The number of thiophene rings is 1. The van der Waals surface area contributed by atoms with Crippen LogP contribution in [0.3, 0.4) is 0 Å². The fourth-order valence-electron chi connectivity index (χ4n) is 2.17. The molecule has 2 rings (SSSR count). The summed E-state index contributed by atoms with van der Waals surface area (Å²) < 4.78 is 1.21. The first-order valence-corrected chi connectivity index (χ1v) is 7.48. The number of hydrogen-bond acceptors (Lipinski definition) is 2. The van der Waals surface area contributed by atoms with Gasteiger partial charge in [-0.1, -0.05) is 25.7 Å². The molecule has 0 unspecified atom stereocenters. The molecule has 0 spiro atoms. The van der Waals surface area contributed by atoms with Crippen molar-refractivity contribution in [2.45, 2.75) is 51.1 Å². The molecule has 1 heterocycles. The van der Waals surface area contributed by atoms with Crippen LogP contribution in [0.2, 0.25) is 0 Å². The normalized spacial score (nSPS) is 19.0. The van der Waals surface area contributed by atoms with Crippen molar-refractivity contribution in [1.82, 2.24) is 5.32 Å². The van der Waals surface area contributed by atoms with Crippen LogP contribution >= 0.6 is 27.3 Å². The van der Waals surface area contributed by atoms with Gasteiger partial charge in [0, 0.05) is 27.3 Å². The zero-order valence-corrected chi connectivity index (χ0v) is 11.4. The van der Waals surface area contributed by atoms with Gasteiger partial charge in [-0.15, -0.1) is 11.3 Å². The molecule has 3 heteroatoms. The molecule has 0 saturated heterocycles. The van der Waals surface area contributed by atoms with E-state index in [0.717, 1.165) is 12.6 Å². The van der Waals surface area contributed by atoms with Gasteiger partial charge >= 0.3 is 0 Å². The zero-order valence-electron chi connectivity index (χ0n) is 8.97. The number of nitrogens with one attached hydrogen (secondary N) is 1. The Hall–Kier alpha value is 0.140. The molecule has 1 aromatic rings. The van der Waals surface area contributed by atoms with Gasteiger partial charge in [0.05, 0.1) is 0 Å². The van der Waals surface area contributed by atoms with Crippen LogP contribution in [-0.4, -0.2) is 6.04 Å². The molecule has 0 atom stereocenters. The van der Waals surface area contributed by atoms with Gasteiger partial charge in [0.2, 0.25) is 0 Å². The van der Waals surface area contributed by atoms with E-state index in [1.54, 1.807) is 0 Å². The highest BCUT2D eigenvalue weighted by Crippen LogP contribution is 2.21. The highest BCUT2D eigenvalue weighted by Gasteiger charge is 2.11. The molecule has 1 nitrogen and oxygen atoms in total. The van der Waals surface area contributed by atoms with E-state index < -0.39 is 0 Å². The Bertz CT molecular complexity index is 290. The van der Waals surface area contributed by atoms with Crippen molar-refractivity contribution < 1.29 is 0 Å². The minimum atomic E-state index is 0.758. The molecule has 0 aromatic carbocycles. The molecular weight excluding hydrogens is 270 g/mol. The third kappa shape index (κ3) is 3.89. The maximum absolute atomic E-state index is 3.68. The van der Waals surface area contributed by atoms with E-state index in [4.69, 9.17) is 0 Å². The molecule has 0 amide bonds. The summed E-state index contributed by atoms with van der Waals surface area (Å²) in [5.74, 6) is 0. The first-order valence-electron chi connectivity index (χ1n) is 5.81. The van der Waals surface area contributed by atoms with Crippen molar-refractivity contribution in [3.63, 3.8) is 0 Å². The van der Waals surface area contributed by atoms with Crippen LogP contribution in [0.5, 0.6) is 0 Å². The Kier molecular flexibility index (Phi) is 4.66. The lowest BCUT2D eigenvalue weighted by atomic mass is 10.1. The van der Waals surface area contributed by atoms with Crippen LogP contribution in [0.15, 0.2) is 15.9 Å². The van der Waals surface area contributed by atoms with Gasteiger partial charge in [0.15, 0.2) is 0 Å². The van der Waals surface area contributed by atoms with E-state index >= 15 is 0 Å². The smallest absolute Gasteiger partial charge is 0.0302 e. The van der Waals surface area contributed by atoms with Crippen molar-refractivity contribution in [3.8, 4) is 0 Å². The van der Waals surface area contributed by atoms with Crippen molar-refractivity contribution >= 4 is 27.3 Å². The minimum Gasteiger partial charge on any atom is -0.309 e. The first-order chi connectivity index (χ1) is 7.34. The quantitative estimate of drug-likeness (QED) is 0.817. The molecule has 0 radical (unpaired) electrons. The Morgan fingerprint density at radius 1 is 1.27 bits per heavy atom. The molecule has 1 aliphatic rings. The SMILES string of the molecule is Brc1csc(CNC2CCCCCC2)c1. The monoisotopic (exact) mass is 287 g/mol. The standard InChI is InChI=1S/C12H18BrNS/c13-10-7-12(15-9-10)8-14-11-5-3-1-2-4-6-11/h7,9,11,14H,1-6,8H2. The summed E-state index contributed by atoms with van der Waals surface area (Å²) in [7, 11) is 0. The Morgan fingerprint density at radius 3 is 2.60 bits per heavy atom. The number of halogens is 1. The highest BCUT2D eigenvalue weighted by atomic mass is 79.9. The van der Waals surface area contributed by atoms with E-state index in [1.807, 2.05) is 11.3 Å². The van der Waals surface area contributed by atoms with Crippen LogP contribution in [0.1, 0.15) is 43.4 Å². The third-order valence-corrected chi connectivity index (χ3v) is 4.74. The Morgan fingerprint density at radius 2 is 2.00 bits per heavy atom. The number of hydrogen-bond donors (Lipinski definition) is 1. The molecule has 1 aliphatic carbocycles. The second-order valence-corrected chi connectivity index (χ2v) is 6.21. The van der Waals surface area contributed by atoms with E-state index in [0.29, 0.717) is 0 Å². The Labute approximate surface area is 104 Å². The maximum Gasteiger partial charge on any atom is 0.0302 e. The predicted octanol–water partition coefficient (Wildman–Crippen LogP) is 4.32. The summed E-state index contributed by atoms with van der Waals surface area (Å²) in [5, 5.41) is 5.84. The highest BCUT2D eigenvalue weighted by molar-refractivity contribution is 9.10. The molecule has 15 heavy (non-hydrogen) atoms. The van der Waals surface area contributed by atoms with Gasteiger partial charge in [-0.25, -0.2) is 0 Å². The molecular formula is C12H18BrNS. The van der Waals surface area contributed by atoms with Crippen molar-refractivity contribution in [1.29, 1.82) is 0 Å².